The molecule has 1 amide bonds. The number of thioether (sulfide) groups is 1. The van der Waals surface area contributed by atoms with Gasteiger partial charge in [-0.05, 0) is 104 Å². The standard InChI is InChI=1S/C28H21FN4O3S2/c1-17-15-19(16-26-27(34)31-28(38-26)30-21-5-3-20(29)4-6-21)18(2)32(17)22-7-11-24(12-8-22)37-25-13-9-23(10-14-25)33(35)36/h3-16H,1-2H3,(H,30,31,34)/b26-16+. The number of nitrogens with zero attached hydrogens (tertiary/aromatic N) is 3. The number of nitro benzene ring substituents is 1. The topological polar surface area (TPSA) is 89.5 Å². The van der Waals surface area contributed by atoms with Crippen molar-refractivity contribution in [2.45, 2.75) is 23.6 Å². The van der Waals surface area contributed by atoms with Crippen molar-refractivity contribution in [3.63, 3.8) is 0 Å². The SMILES string of the molecule is Cc1cc(/C=C2/SC(=Nc3ccc(F)cc3)NC2=O)c(C)n1-c1ccc(Sc2ccc([N+](=O)[O-])cc2)cc1. The molecule has 1 saturated heterocycles. The fourth-order valence-corrected chi connectivity index (χ4v) is 5.67. The molecular weight excluding hydrogens is 523 g/mol. The van der Waals surface area contributed by atoms with Crippen molar-refractivity contribution in [3.05, 3.63) is 117 Å². The van der Waals surface area contributed by atoms with Crippen molar-refractivity contribution in [3.8, 4) is 5.69 Å². The number of benzene rings is 3. The van der Waals surface area contributed by atoms with Gasteiger partial charge in [0, 0.05) is 39.0 Å². The van der Waals surface area contributed by atoms with Crippen LogP contribution in [0.5, 0.6) is 0 Å². The summed E-state index contributed by atoms with van der Waals surface area (Å²) in [7, 11) is 0. The Balaban J connectivity index is 1.33. The predicted molar refractivity (Wildman–Crippen MR) is 150 cm³/mol. The summed E-state index contributed by atoms with van der Waals surface area (Å²) in [6.45, 7) is 4.02. The third kappa shape index (κ3) is 5.56. The fraction of sp³-hybridized carbons (Fsp3) is 0.0714. The number of non-ortho nitro benzene ring substituents is 1. The lowest BCUT2D eigenvalue weighted by Crippen LogP contribution is -2.19. The third-order valence-electron chi connectivity index (χ3n) is 5.84. The fourth-order valence-electron chi connectivity index (χ4n) is 4.02. The number of nitro groups is 1. The first-order chi connectivity index (χ1) is 18.3. The molecule has 1 fully saturated rings. The zero-order chi connectivity index (χ0) is 26.8. The van der Waals surface area contributed by atoms with E-state index in [1.807, 2.05) is 50.3 Å². The molecule has 0 spiro atoms. The maximum absolute atomic E-state index is 13.2. The van der Waals surface area contributed by atoms with Crippen LogP contribution in [0.3, 0.4) is 0 Å². The highest BCUT2D eigenvalue weighted by Crippen LogP contribution is 2.32. The van der Waals surface area contributed by atoms with E-state index in [-0.39, 0.29) is 17.4 Å². The van der Waals surface area contributed by atoms with Crippen molar-refractivity contribution < 1.29 is 14.1 Å². The zero-order valence-electron chi connectivity index (χ0n) is 20.3. The molecule has 0 unspecified atom stereocenters. The van der Waals surface area contributed by atoms with Gasteiger partial charge in [-0.25, -0.2) is 9.38 Å². The van der Waals surface area contributed by atoms with Crippen LogP contribution in [0.4, 0.5) is 15.8 Å². The molecule has 0 saturated carbocycles. The molecule has 190 valence electrons. The second-order valence-corrected chi connectivity index (χ2v) is 10.6. The number of aromatic nitrogens is 1. The van der Waals surface area contributed by atoms with Crippen LogP contribution in [0.15, 0.2) is 98.6 Å². The van der Waals surface area contributed by atoms with E-state index in [4.69, 9.17) is 0 Å². The van der Waals surface area contributed by atoms with Gasteiger partial charge in [0.25, 0.3) is 11.6 Å². The van der Waals surface area contributed by atoms with Gasteiger partial charge in [0.05, 0.1) is 15.5 Å². The Bertz CT molecular complexity index is 1590. The molecular formula is C28H21FN4O3S2. The van der Waals surface area contributed by atoms with Crippen molar-refractivity contribution in [2.24, 2.45) is 4.99 Å². The number of aliphatic imine (C=N–C) groups is 1. The van der Waals surface area contributed by atoms with Gasteiger partial charge < -0.3 is 9.88 Å². The normalized spacial score (nSPS) is 15.3. The quantitative estimate of drug-likeness (QED) is 0.158. The van der Waals surface area contributed by atoms with Gasteiger partial charge in [-0.15, -0.1) is 0 Å². The van der Waals surface area contributed by atoms with E-state index in [0.29, 0.717) is 15.8 Å². The molecule has 0 bridgehead atoms. The lowest BCUT2D eigenvalue weighted by Gasteiger charge is -2.11. The second kappa shape index (κ2) is 10.7. The Morgan fingerprint density at radius 2 is 1.63 bits per heavy atom. The Morgan fingerprint density at radius 1 is 1.00 bits per heavy atom. The number of carbonyl (C=O) groups excluding carboxylic acids is 1. The van der Waals surface area contributed by atoms with Crippen LogP contribution in [-0.2, 0) is 4.79 Å². The number of aryl methyl sites for hydroxylation is 1. The Kier molecular flexibility index (Phi) is 7.17. The molecule has 38 heavy (non-hydrogen) atoms. The van der Waals surface area contributed by atoms with Crippen molar-refractivity contribution >= 4 is 52.0 Å². The third-order valence-corrected chi connectivity index (χ3v) is 7.77. The van der Waals surface area contributed by atoms with Gasteiger partial charge >= 0.3 is 0 Å². The molecule has 1 aromatic heterocycles. The minimum Gasteiger partial charge on any atom is -0.318 e. The van der Waals surface area contributed by atoms with Crippen LogP contribution < -0.4 is 5.32 Å². The molecule has 0 radical (unpaired) electrons. The molecule has 4 aromatic rings. The van der Waals surface area contributed by atoms with E-state index >= 15 is 0 Å². The van der Waals surface area contributed by atoms with Gasteiger partial charge in [-0.2, -0.15) is 0 Å². The first-order valence-corrected chi connectivity index (χ1v) is 13.2. The molecule has 0 atom stereocenters. The summed E-state index contributed by atoms with van der Waals surface area (Å²) in [5, 5.41) is 14.1. The van der Waals surface area contributed by atoms with Gasteiger partial charge in [0.1, 0.15) is 5.82 Å². The summed E-state index contributed by atoms with van der Waals surface area (Å²) in [6.07, 6.45) is 1.85. The van der Waals surface area contributed by atoms with E-state index < -0.39 is 4.92 Å². The Hall–Kier alpha value is -4.15. The first kappa shape index (κ1) is 25.5. The minimum absolute atomic E-state index is 0.0684. The molecule has 1 aliphatic rings. The van der Waals surface area contributed by atoms with Crippen molar-refractivity contribution in [1.82, 2.24) is 9.88 Å². The number of rotatable bonds is 6. The summed E-state index contributed by atoms with van der Waals surface area (Å²) in [6, 6.07) is 22.3. The van der Waals surface area contributed by atoms with Crippen molar-refractivity contribution in [1.29, 1.82) is 0 Å². The van der Waals surface area contributed by atoms with E-state index in [9.17, 15) is 19.3 Å². The minimum atomic E-state index is -0.409. The molecule has 0 aliphatic carbocycles. The van der Waals surface area contributed by atoms with Crippen LogP contribution in [0.1, 0.15) is 17.0 Å². The molecule has 5 rings (SSSR count). The number of carbonyl (C=O) groups is 1. The molecule has 1 N–H and O–H groups in total. The van der Waals surface area contributed by atoms with Gasteiger partial charge in [-0.1, -0.05) is 11.8 Å². The number of amides is 1. The number of nitrogens with one attached hydrogen (secondary N) is 1. The summed E-state index contributed by atoms with van der Waals surface area (Å²) in [5.74, 6) is -0.570. The largest absolute Gasteiger partial charge is 0.318 e. The second-order valence-electron chi connectivity index (χ2n) is 8.47. The van der Waals surface area contributed by atoms with Gasteiger partial charge in [-0.3, -0.25) is 14.9 Å². The smallest absolute Gasteiger partial charge is 0.269 e. The van der Waals surface area contributed by atoms with E-state index in [1.54, 1.807) is 24.3 Å². The van der Waals surface area contributed by atoms with Crippen LogP contribution >= 0.6 is 23.5 Å². The molecule has 10 heteroatoms. The average Bonchev–Trinajstić information content (AvgIpc) is 3.38. The number of hydrogen-bond acceptors (Lipinski definition) is 6. The number of amidine groups is 1. The van der Waals surface area contributed by atoms with E-state index in [2.05, 4.69) is 14.9 Å². The Labute approximate surface area is 226 Å². The van der Waals surface area contributed by atoms with Crippen LogP contribution in [0, 0.1) is 29.8 Å². The summed E-state index contributed by atoms with van der Waals surface area (Å²) in [4.78, 5) is 29.9. The molecule has 2 heterocycles. The van der Waals surface area contributed by atoms with E-state index in [1.165, 1.54) is 47.8 Å². The maximum Gasteiger partial charge on any atom is 0.269 e. The molecule has 1 aliphatic heterocycles. The summed E-state index contributed by atoms with van der Waals surface area (Å²) < 4.78 is 15.3. The zero-order valence-corrected chi connectivity index (χ0v) is 22.0. The maximum atomic E-state index is 13.2. The summed E-state index contributed by atoms with van der Waals surface area (Å²) >= 11 is 2.77. The van der Waals surface area contributed by atoms with Crippen molar-refractivity contribution in [2.75, 3.05) is 0 Å². The summed E-state index contributed by atoms with van der Waals surface area (Å²) in [5.41, 5.74) is 4.55. The van der Waals surface area contributed by atoms with Gasteiger partial charge in [0.2, 0.25) is 0 Å². The van der Waals surface area contributed by atoms with E-state index in [0.717, 1.165) is 32.4 Å². The predicted octanol–water partition coefficient (Wildman–Crippen LogP) is 7.18. The highest BCUT2D eigenvalue weighted by molar-refractivity contribution is 8.18. The van der Waals surface area contributed by atoms with Crippen LogP contribution in [-0.4, -0.2) is 20.6 Å². The molecule has 3 aromatic carbocycles. The highest BCUT2D eigenvalue weighted by Gasteiger charge is 2.24. The number of hydrogen-bond donors (Lipinski definition) is 1. The monoisotopic (exact) mass is 544 g/mol. The average molecular weight is 545 g/mol. The highest BCUT2D eigenvalue weighted by atomic mass is 32.2. The Morgan fingerprint density at radius 3 is 2.26 bits per heavy atom. The lowest BCUT2D eigenvalue weighted by molar-refractivity contribution is -0.384. The van der Waals surface area contributed by atoms with Crippen LogP contribution in [0.25, 0.3) is 11.8 Å². The lowest BCUT2D eigenvalue weighted by atomic mass is 10.2. The number of halogens is 1. The first-order valence-electron chi connectivity index (χ1n) is 11.5. The van der Waals surface area contributed by atoms with Gasteiger partial charge in [0.15, 0.2) is 5.17 Å². The van der Waals surface area contributed by atoms with Crippen LogP contribution in [0.2, 0.25) is 0 Å². The molecule has 7 nitrogen and oxygen atoms in total.